The molecule has 1 N–H and O–H groups in total. The Labute approximate surface area is 195 Å². The average molecular weight is 466 g/mol. The standard InChI is InChI=1S/C26H21ClFNO4/c27-17-8-9-23(33-14-24(30)31)22(11-17)25-19-7-2-1-4-16(19)13-29(25)26(32)21-12-20(21)15-5-3-6-18(28)10-15/h1-11,20-21,25H,12-14H2,(H,30,31). The van der Waals surface area contributed by atoms with Gasteiger partial charge in [0.05, 0.1) is 6.04 Å². The lowest BCUT2D eigenvalue weighted by molar-refractivity contribution is -0.139. The number of carbonyl (C=O) groups excluding carboxylic acids is 1. The van der Waals surface area contributed by atoms with Crippen LogP contribution in [0, 0.1) is 11.7 Å². The zero-order valence-electron chi connectivity index (χ0n) is 17.6. The summed E-state index contributed by atoms with van der Waals surface area (Å²) < 4.78 is 19.2. The van der Waals surface area contributed by atoms with Gasteiger partial charge in [-0.3, -0.25) is 4.79 Å². The van der Waals surface area contributed by atoms with E-state index in [0.29, 0.717) is 29.3 Å². The van der Waals surface area contributed by atoms with Crippen LogP contribution in [0.15, 0.2) is 66.7 Å². The number of carboxylic acid groups (broad SMARTS) is 1. The Morgan fingerprint density at radius 3 is 2.67 bits per heavy atom. The minimum absolute atomic E-state index is 0.0142. The lowest BCUT2D eigenvalue weighted by atomic mass is 9.97. The number of rotatable bonds is 6. The number of hydrogen-bond donors (Lipinski definition) is 1. The van der Waals surface area contributed by atoms with Crippen LogP contribution < -0.4 is 4.74 Å². The fourth-order valence-electron chi connectivity index (χ4n) is 4.72. The van der Waals surface area contributed by atoms with E-state index < -0.39 is 18.6 Å². The maximum Gasteiger partial charge on any atom is 0.341 e. The van der Waals surface area contributed by atoms with Crippen molar-refractivity contribution in [1.29, 1.82) is 0 Å². The molecule has 7 heteroatoms. The zero-order valence-corrected chi connectivity index (χ0v) is 18.3. The quantitative estimate of drug-likeness (QED) is 0.545. The van der Waals surface area contributed by atoms with Crippen LogP contribution in [0.4, 0.5) is 4.39 Å². The van der Waals surface area contributed by atoms with E-state index in [1.54, 1.807) is 29.2 Å². The molecule has 3 atom stereocenters. The van der Waals surface area contributed by atoms with E-state index in [9.17, 15) is 14.0 Å². The summed E-state index contributed by atoms with van der Waals surface area (Å²) in [6.07, 6.45) is 0.666. The molecule has 0 radical (unpaired) electrons. The number of fused-ring (bicyclic) bond motifs is 1. The van der Waals surface area contributed by atoms with E-state index in [1.807, 2.05) is 30.3 Å². The summed E-state index contributed by atoms with van der Waals surface area (Å²) in [6, 6.07) is 18.7. The molecule has 3 aromatic rings. The maximum absolute atomic E-state index is 13.7. The first-order valence-electron chi connectivity index (χ1n) is 10.7. The highest BCUT2D eigenvalue weighted by molar-refractivity contribution is 6.30. The van der Waals surface area contributed by atoms with Crippen LogP contribution in [0.5, 0.6) is 5.75 Å². The molecule has 1 amide bonds. The minimum atomic E-state index is -1.09. The maximum atomic E-state index is 13.7. The molecule has 1 aliphatic heterocycles. The summed E-state index contributed by atoms with van der Waals surface area (Å²) in [5.41, 5.74) is 3.44. The molecule has 1 fully saturated rings. The molecule has 1 heterocycles. The summed E-state index contributed by atoms with van der Waals surface area (Å²) in [4.78, 5) is 26.5. The Kier molecular flexibility index (Phi) is 5.54. The summed E-state index contributed by atoms with van der Waals surface area (Å²) >= 11 is 6.29. The van der Waals surface area contributed by atoms with Crippen molar-refractivity contribution < 1.29 is 23.8 Å². The summed E-state index contributed by atoms with van der Waals surface area (Å²) in [5, 5.41) is 9.55. The Bertz CT molecular complexity index is 1250. The van der Waals surface area contributed by atoms with E-state index >= 15 is 0 Å². The second-order valence-electron chi connectivity index (χ2n) is 8.44. The molecule has 3 aromatic carbocycles. The first kappa shape index (κ1) is 21.5. The number of nitrogens with zero attached hydrogens (tertiary/aromatic N) is 1. The second-order valence-corrected chi connectivity index (χ2v) is 8.87. The van der Waals surface area contributed by atoms with E-state index in [4.69, 9.17) is 21.4 Å². The molecular weight excluding hydrogens is 445 g/mol. The van der Waals surface area contributed by atoms with E-state index in [2.05, 4.69) is 0 Å². The molecule has 0 saturated heterocycles. The first-order chi connectivity index (χ1) is 15.9. The Morgan fingerprint density at radius 2 is 1.88 bits per heavy atom. The minimum Gasteiger partial charge on any atom is -0.482 e. The molecule has 3 unspecified atom stereocenters. The van der Waals surface area contributed by atoms with Crippen molar-refractivity contribution in [2.75, 3.05) is 6.61 Å². The summed E-state index contributed by atoms with van der Waals surface area (Å²) in [5.74, 6) is -1.29. The van der Waals surface area contributed by atoms with Gasteiger partial charge in [0.2, 0.25) is 5.91 Å². The fourth-order valence-corrected chi connectivity index (χ4v) is 4.90. The van der Waals surface area contributed by atoms with Crippen LogP contribution in [0.25, 0.3) is 0 Å². The molecule has 5 rings (SSSR count). The van der Waals surface area contributed by atoms with Crippen molar-refractivity contribution in [1.82, 2.24) is 4.90 Å². The molecule has 0 aromatic heterocycles. The molecule has 33 heavy (non-hydrogen) atoms. The second kappa shape index (κ2) is 8.52. The van der Waals surface area contributed by atoms with Crippen LogP contribution >= 0.6 is 11.6 Å². The molecule has 0 spiro atoms. The highest BCUT2D eigenvalue weighted by atomic mass is 35.5. The molecular formula is C26H21ClFNO4. The number of halogens is 2. The highest BCUT2D eigenvalue weighted by Gasteiger charge is 2.49. The van der Waals surface area contributed by atoms with Gasteiger partial charge in [0.15, 0.2) is 6.61 Å². The van der Waals surface area contributed by atoms with Gasteiger partial charge in [0.25, 0.3) is 0 Å². The predicted molar refractivity (Wildman–Crippen MR) is 121 cm³/mol. The summed E-state index contributed by atoms with van der Waals surface area (Å²) in [6.45, 7) is -0.0713. The highest BCUT2D eigenvalue weighted by Crippen LogP contribution is 2.52. The number of carboxylic acids is 1. The van der Waals surface area contributed by atoms with Gasteiger partial charge in [-0.1, -0.05) is 48.0 Å². The van der Waals surface area contributed by atoms with Crippen molar-refractivity contribution in [2.24, 2.45) is 5.92 Å². The molecule has 2 aliphatic rings. The van der Waals surface area contributed by atoms with Gasteiger partial charge in [0, 0.05) is 23.0 Å². The number of ether oxygens (including phenoxy) is 1. The number of amides is 1. The van der Waals surface area contributed by atoms with Gasteiger partial charge in [-0.15, -0.1) is 0 Å². The van der Waals surface area contributed by atoms with Gasteiger partial charge in [-0.2, -0.15) is 0 Å². The monoisotopic (exact) mass is 465 g/mol. The number of aliphatic carboxylic acids is 1. The van der Waals surface area contributed by atoms with Gasteiger partial charge >= 0.3 is 5.97 Å². The molecule has 168 valence electrons. The third-order valence-electron chi connectivity index (χ3n) is 6.29. The largest absolute Gasteiger partial charge is 0.482 e. The molecule has 1 aliphatic carbocycles. The van der Waals surface area contributed by atoms with Crippen molar-refractivity contribution in [2.45, 2.75) is 24.9 Å². The average Bonchev–Trinajstić information content (AvgIpc) is 3.51. The number of benzene rings is 3. The van der Waals surface area contributed by atoms with Crippen molar-refractivity contribution in [3.05, 3.63) is 99.8 Å². The SMILES string of the molecule is O=C(O)COc1ccc(Cl)cc1C1c2ccccc2CN1C(=O)C1CC1c1cccc(F)c1. The molecule has 1 saturated carbocycles. The van der Waals surface area contributed by atoms with Gasteiger partial charge in [-0.25, -0.2) is 9.18 Å². The van der Waals surface area contributed by atoms with Crippen LogP contribution in [0.1, 0.15) is 40.6 Å². The third-order valence-corrected chi connectivity index (χ3v) is 6.52. The number of hydrogen-bond acceptors (Lipinski definition) is 3. The van der Waals surface area contributed by atoms with Crippen molar-refractivity contribution in [3.63, 3.8) is 0 Å². The Balaban J connectivity index is 1.49. The van der Waals surface area contributed by atoms with Crippen LogP contribution in [-0.2, 0) is 16.1 Å². The van der Waals surface area contributed by atoms with Crippen molar-refractivity contribution in [3.8, 4) is 5.75 Å². The zero-order chi connectivity index (χ0) is 23.1. The topological polar surface area (TPSA) is 66.8 Å². The smallest absolute Gasteiger partial charge is 0.341 e. The number of carbonyl (C=O) groups is 2. The van der Waals surface area contributed by atoms with Gasteiger partial charge < -0.3 is 14.7 Å². The summed E-state index contributed by atoms with van der Waals surface area (Å²) in [7, 11) is 0. The molecule has 5 nitrogen and oxygen atoms in total. The van der Waals surface area contributed by atoms with Crippen LogP contribution in [-0.4, -0.2) is 28.5 Å². The van der Waals surface area contributed by atoms with Crippen molar-refractivity contribution >= 4 is 23.5 Å². The predicted octanol–water partition coefficient (Wildman–Crippen LogP) is 5.18. The van der Waals surface area contributed by atoms with E-state index in [-0.39, 0.29) is 23.6 Å². The van der Waals surface area contributed by atoms with E-state index in [1.165, 1.54) is 12.1 Å². The Morgan fingerprint density at radius 1 is 1.06 bits per heavy atom. The molecule has 0 bridgehead atoms. The van der Waals surface area contributed by atoms with E-state index in [0.717, 1.165) is 16.7 Å². The van der Waals surface area contributed by atoms with Crippen LogP contribution in [0.2, 0.25) is 5.02 Å². The normalized spacial score (nSPS) is 20.9. The van der Waals surface area contributed by atoms with Crippen LogP contribution in [0.3, 0.4) is 0 Å². The van der Waals surface area contributed by atoms with Gasteiger partial charge in [-0.05, 0) is 59.4 Å². The third kappa shape index (κ3) is 4.18. The lowest BCUT2D eigenvalue weighted by Gasteiger charge is -2.28. The first-order valence-corrected chi connectivity index (χ1v) is 11.1. The Hall–Kier alpha value is -3.38. The lowest BCUT2D eigenvalue weighted by Crippen LogP contribution is -2.32. The fraction of sp³-hybridized carbons (Fsp3) is 0.231. The van der Waals surface area contributed by atoms with Gasteiger partial charge in [0.1, 0.15) is 11.6 Å².